The first-order chi connectivity index (χ1) is 12.0. The van der Waals surface area contributed by atoms with Crippen LogP contribution in [0.15, 0.2) is 59.1 Å². The molecule has 124 valence electrons. The smallest absolute Gasteiger partial charge is 0.233 e. The summed E-state index contributed by atoms with van der Waals surface area (Å²) in [6, 6.07) is 13.4. The number of nitrogens with zero attached hydrogens (tertiary/aromatic N) is 2. The van der Waals surface area contributed by atoms with Crippen LogP contribution in [-0.4, -0.2) is 20.7 Å². The Bertz CT molecular complexity index is 1080. The predicted octanol–water partition coefficient (Wildman–Crippen LogP) is 3.79. The first kappa shape index (κ1) is 15.3. The summed E-state index contributed by atoms with van der Waals surface area (Å²) in [5.41, 5.74) is 7.27. The molecule has 2 aromatic carbocycles. The van der Waals surface area contributed by atoms with Crippen molar-refractivity contribution in [3.05, 3.63) is 71.1 Å². The molecular weight excluding hydrogens is 342 g/mol. The number of para-hydroxylation sites is 1. The van der Waals surface area contributed by atoms with Gasteiger partial charge in [0, 0.05) is 11.5 Å². The van der Waals surface area contributed by atoms with Gasteiger partial charge in [0.25, 0.3) is 0 Å². The zero-order valence-electron chi connectivity index (χ0n) is 12.8. The number of nitrogens with two attached hydrogens (primary N) is 1. The van der Waals surface area contributed by atoms with E-state index in [1.54, 1.807) is 12.1 Å². The summed E-state index contributed by atoms with van der Waals surface area (Å²) >= 11 is 6.13. The van der Waals surface area contributed by atoms with E-state index in [0.717, 1.165) is 5.39 Å². The van der Waals surface area contributed by atoms with Crippen molar-refractivity contribution in [3.63, 3.8) is 0 Å². The molecule has 0 amide bonds. The molecule has 2 heterocycles. The molecule has 0 aliphatic carbocycles. The molecule has 0 aliphatic heterocycles. The number of furan rings is 1. The SMILES string of the molecule is Nc1c(C(=O)c2cc3ccccc3o2)cnn1-c1cc(O)ccc1Cl. The molecule has 3 N–H and O–H groups in total. The normalized spacial score (nSPS) is 11.1. The summed E-state index contributed by atoms with van der Waals surface area (Å²) in [7, 11) is 0. The highest BCUT2D eigenvalue weighted by Crippen LogP contribution is 2.29. The summed E-state index contributed by atoms with van der Waals surface area (Å²) in [5.74, 6) is -0.0805. The number of hydrogen-bond donors (Lipinski definition) is 2. The van der Waals surface area contributed by atoms with Gasteiger partial charge in [-0.05, 0) is 24.3 Å². The van der Waals surface area contributed by atoms with Crippen LogP contribution < -0.4 is 5.73 Å². The number of benzene rings is 2. The molecular formula is C18H12ClN3O3. The molecule has 0 radical (unpaired) electrons. The summed E-state index contributed by atoms with van der Waals surface area (Å²) in [6.07, 6.45) is 1.35. The topological polar surface area (TPSA) is 94.3 Å². The van der Waals surface area contributed by atoms with E-state index in [9.17, 15) is 9.90 Å². The third-order valence-corrected chi connectivity index (χ3v) is 4.18. The fourth-order valence-electron chi connectivity index (χ4n) is 2.61. The van der Waals surface area contributed by atoms with E-state index in [0.29, 0.717) is 16.3 Å². The zero-order chi connectivity index (χ0) is 17.6. The highest BCUT2D eigenvalue weighted by molar-refractivity contribution is 6.32. The van der Waals surface area contributed by atoms with Crippen LogP contribution in [0.4, 0.5) is 5.82 Å². The number of aromatic hydroxyl groups is 1. The van der Waals surface area contributed by atoms with Gasteiger partial charge < -0.3 is 15.3 Å². The number of phenols is 1. The fraction of sp³-hybridized carbons (Fsp3) is 0. The number of anilines is 1. The van der Waals surface area contributed by atoms with Crippen LogP contribution in [0.5, 0.6) is 5.75 Å². The maximum Gasteiger partial charge on any atom is 0.233 e. The highest BCUT2D eigenvalue weighted by Gasteiger charge is 2.22. The quantitative estimate of drug-likeness (QED) is 0.546. The second kappa shape index (κ2) is 5.68. The summed E-state index contributed by atoms with van der Waals surface area (Å²) in [5, 5.41) is 14.9. The Morgan fingerprint density at radius 1 is 1.20 bits per heavy atom. The lowest BCUT2D eigenvalue weighted by atomic mass is 10.1. The number of rotatable bonds is 3. The molecule has 0 bridgehead atoms. The molecule has 0 atom stereocenters. The number of hydrogen-bond acceptors (Lipinski definition) is 5. The van der Waals surface area contributed by atoms with Crippen LogP contribution >= 0.6 is 11.6 Å². The molecule has 25 heavy (non-hydrogen) atoms. The number of phenolic OH excluding ortho intramolecular Hbond substituents is 1. The number of fused-ring (bicyclic) bond motifs is 1. The number of carbonyl (C=O) groups is 1. The van der Waals surface area contributed by atoms with Crippen molar-refractivity contribution in [2.75, 3.05) is 5.73 Å². The lowest BCUT2D eigenvalue weighted by Gasteiger charge is -2.07. The molecule has 0 aliphatic rings. The highest BCUT2D eigenvalue weighted by atomic mass is 35.5. The van der Waals surface area contributed by atoms with Crippen molar-refractivity contribution in [3.8, 4) is 11.4 Å². The van der Waals surface area contributed by atoms with E-state index < -0.39 is 0 Å². The van der Waals surface area contributed by atoms with Crippen molar-refractivity contribution in [1.82, 2.24) is 9.78 Å². The van der Waals surface area contributed by atoms with Crippen LogP contribution in [0.3, 0.4) is 0 Å². The number of carbonyl (C=O) groups excluding carboxylic acids is 1. The Kier molecular flexibility index (Phi) is 3.47. The summed E-state index contributed by atoms with van der Waals surface area (Å²) in [6.45, 7) is 0. The monoisotopic (exact) mass is 353 g/mol. The molecule has 0 spiro atoms. The van der Waals surface area contributed by atoms with Gasteiger partial charge in [0.15, 0.2) is 5.76 Å². The van der Waals surface area contributed by atoms with Crippen LogP contribution in [0, 0.1) is 0 Å². The molecule has 2 aromatic heterocycles. The summed E-state index contributed by atoms with van der Waals surface area (Å²) in [4.78, 5) is 12.7. The van der Waals surface area contributed by atoms with E-state index in [-0.39, 0.29) is 28.7 Å². The molecule has 7 heteroatoms. The largest absolute Gasteiger partial charge is 0.508 e. The third kappa shape index (κ3) is 2.53. The first-order valence-electron chi connectivity index (χ1n) is 7.40. The Morgan fingerprint density at radius 2 is 2.00 bits per heavy atom. The number of nitrogen functional groups attached to an aromatic ring is 1. The second-order valence-corrected chi connectivity index (χ2v) is 5.88. The Morgan fingerprint density at radius 3 is 2.80 bits per heavy atom. The van der Waals surface area contributed by atoms with Crippen molar-refractivity contribution < 1.29 is 14.3 Å². The zero-order valence-corrected chi connectivity index (χ0v) is 13.6. The molecule has 4 rings (SSSR count). The van der Waals surface area contributed by atoms with Gasteiger partial charge in [-0.2, -0.15) is 5.10 Å². The minimum Gasteiger partial charge on any atom is -0.508 e. The van der Waals surface area contributed by atoms with E-state index in [4.69, 9.17) is 21.8 Å². The van der Waals surface area contributed by atoms with Gasteiger partial charge in [-0.1, -0.05) is 29.8 Å². The van der Waals surface area contributed by atoms with Crippen LogP contribution in [0.2, 0.25) is 5.02 Å². The van der Waals surface area contributed by atoms with E-state index in [2.05, 4.69) is 5.10 Å². The van der Waals surface area contributed by atoms with Gasteiger partial charge >= 0.3 is 0 Å². The number of aromatic nitrogens is 2. The van der Waals surface area contributed by atoms with E-state index in [1.807, 2.05) is 18.2 Å². The molecule has 0 fully saturated rings. The van der Waals surface area contributed by atoms with Gasteiger partial charge in [-0.3, -0.25) is 4.79 Å². The van der Waals surface area contributed by atoms with Gasteiger partial charge in [0.2, 0.25) is 5.78 Å². The molecule has 0 unspecified atom stereocenters. The maximum atomic E-state index is 12.7. The lowest BCUT2D eigenvalue weighted by Crippen LogP contribution is -2.07. The van der Waals surface area contributed by atoms with E-state index >= 15 is 0 Å². The lowest BCUT2D eigenvalue weighted by molar-refractivity contribution is 0.101. The minimum absolute atomic E-state index is 0.0134. The second-order valence-electron chi connectivity index (χ2n) is 5.47. The third-order valence-electron chi connectivity index (χ3n) is 3.86. The molecule has 0 saturated heterocycles. The van der Waals surface area contributed by atoms with Gasteiger partial charge in [0.05, 0.1) is 22.5 Å². The Balaban J connectivity index is 1.78. The van der Waals surface area contributed by atoms with Gasteiger partial charge in [-0.15, -0.1) is 0 Å². The first-order valence-corrected chi connectivity index (χ1v) is 7.78. The number of halogens is 1. The standard InChI is InChI=1S/C18H12ClN3O3/c19-13-6-5-11(23)8-14(13)22-18(20)12(9-21-22)17(24)16-7-10-3-1-2-4-15(10)25-16/h1-9,23H,20H2. The van der Waals surface area contributed by atoms with Crippen molar-refractivity contribution in [1.29, 1.82) is 0 Å². The molecule has 4 aromatic rings. The summed E-state index contributed by atoms with van der Waals surface area (Å²) < 4.78 is 6.89. The van der Waals surface area contributed by atoms with Crippen LogP contribution in [0.25, 0.3) is 16.7 Å². The van der Waals surface area contributed by atoms with Crippen molar-refractivity contribution in [2.24, 2.45) is 0 Å². The minimum atomic E-state index is -0.378. The van der Waals surface area contributed by atoms with Crippen LogP contribution in [-0.2, 0) is 0 Å². The van der Waals surface area contributed by atoms with E-state index in [1.165, 1.54) is 29.1 Å². The Hall–Kier alpha value is -3.25. The van der Waals surface area contributed by atoms with Crippen molar-refractivity contribution in [2.45, 2.75) is 0 Å². The van der Waals surface area contributed by atoms with Crippen LogP contribution in [0.1, 0.15) is 16.1 Å². The van der Waals surface area contributed by atoms with Crippen molar-refractivity contribution >= 4 is 34.2 Å². The molecule has 0 saturated carbocycles. The van der Waals surface area contributed by atoms with Gasteiger partial charge in [0.1, 0.15) is 17.2 Å². The average molecular weight is 354 g/mol. The Labute approximate surface area is 147 Å². The van der Waals surface area contributed by atoms with Gasteiger partial charge in [-0.25, -0.2) is 4.68 Å². The number of ketones is 1. The maximum absolute atomic E-state index is 12.7. The predicted molar refractivity (Wildman–Crippen MR) is 94.3 cm³/mol. The fourth-order valence-corrected chi connectivity index (χ4v) is 2.81. The average Bonchev–Trinajstić information content (AvgIpc) is 3.20. The molecule has 6 nitrogen and oxygen atoms in total.